The number of hydrogen-bond donors (Lipinski definition) is 2. The maximum absolute atomic E-state index is 13.1. The molecule has 3 heterocycles. The first-order chi connectivity index (χ1) is 16.8. The van der Waals surface area contributed by atoms with Crippen molar-refractivity contribution < 1.29 is 28.4 Å². The molecular weight excluding hydrogens is 455 g/mol. The minimum Gasteiger partial charge on any atom is -0.347 e. The summed E-state index contributed by atoms with van der Waals surface area (Å²) in [5.41, 5.74) is 1.77. The Kier molecular flexibility index (Phi) is 5.80. The summed E-state index contributed by atoms with van der Waals surface area (Å²) >= 11 is 0. The number of fused-ring (bicyclic) bond motifs is 1. The molecule has 0 aromatic heterocycles. The van der Waals surface area contributed by atoms with Crippen LogP contribution in [0.1, 0.15) is 55.9 Å². The predicted molar refractivity (Wildman–Crippen MR) is 121 cm³/mol. The molecule has 0 saturated carbocycles. The average Bonchev–Trinajstić information content (AvgIpc) is 3.43. The van der Waals surface area contributed by atoms with Crippen molar-refractivity contribution in [3.05, 3.63) is 70.5 Å². The smallest absolute Gasteiger partial charge is 0.255 e. The second kappa shape index (κ2) is 8.94. The van der Waals surface area contributed by atoms with Gasteiger partial charge in [0.25, 0.3) is 17.7 Å². The zero-order valence-electron chi connectivity index (χ0n) is 18.8. The van der Waals surface area contributed by atoms with Crippen LogP contribution in [0.4, 0.5) is 4.39 Å². The molecule has 2 N–H and O–H groups in total. The Labute approximate surface area is 200 Å². The molecule has 180 valence electrons. The Hall–Kier alpha value is -4.08. The summed E-state index contributed by atoms with van der Waals surface area (Å²) in [7, 11) is 0. The van der Waals surface area contributed by atoms with Crippen LogP contribution in [0.25, 0.3) is 0 Å². The van der Waals surface area contributed by atoms with E-state index in [-0.39, 0.29) is 49.1 Å². The van der Waals surface area contributed by atoms with Crippen LogP contribution in [0.5, 0.6) is 0 Å². The maximum Gasteiger partial charge on any atom is 0.255 e. The number of nitrogens with zero attached hydrogens (tertiary/aromatic N) is 2. The van der Waals surface area contributed by atoms with Crippen LogP contribution in [0, 0.1) is 5.82 Å². The van der Waals surface area contributed by atoms with E-state index in [1.54, 1.807) is 17.0 Å². The third-order valence-corrected chi connectivity index (χ3v) is 6.69. The van der Waals surface area contributed by atoms with Gasteiger partial charge in [0.05, 0.1) is 0 Å². The van der Waals surface area contributed by atoms with Crippen molar-refractivity contribution in [3.63, 3.8) is 0 Å². The molecule has 35 heavy (non-hydrogen) atoms. The van der Waals surface area contributed by atoms with Crippen LogP contribution in [-0.2, 0) is 16.1 Å². The highest BCUT2D eigenvalue weighted by Crippen LogP contribution is 2.28. The largest absolute Gasteiger partial charge is 0.347 e. The van der Waals surface area contributed by atoms with Crippen LogP contribution in [0.2, 0.25) is 0 Å². The lowest BCUT2D eigenvalue weighted by Crippen LogP contribution is -2.52. The van der Waals surface area contributed by atoms with Crippen molar-refractivity contribution in [2.45, 2.75) is 37.9 Å². The first-order valence-electron chi connectivity index (χ1n) is 11.4. The zero-order chi connectivity index (χ0) is 24.7. The van der Waals surface area contributed by atoms with E-state index in [0.717, 1.165) is 0 Å². The van der Waals surface area contributed by atoms with Crippen LogP contribution in [0.15, 0.2) is 42.5 Å². The Morgan fingerprint density at radius 2 is 1.74 bits per heavy atom. The molecule has 3 aliphatic rings. The number of nitrogens with one attached hydrogen (secondary N) is 2. The van der Waals surface area contributed by atoms with E-state index in [9.17, 15) is 28.4 Å². The van der Waals surface area contributed by atoms with Crippen molar-refractivity contribution in [1.29, 1.82) is 0 Å². The Morgan fingerprint density at radius 3 is 2.49 bits per heavy atom. The highest BCUT2D eigenvalue weighted by Gasteiger charge is 2.39. The van der Waals surface area contributed by atoms with Gasteiger partial charge in [-0.2, -0.15) is 0 Å². The molecule has 2 aromatic rings. The first-order valence-corrected chi connectivity index (χ1v) is 11.4. The molecule has 10 heteroatoms. The first kappa shape index (κ1) is 22.7. The fourth-order valence-corrected chi connectivity index (χ4v) is 4.80. The third kappa shape index (κ3) is 4.39. The number of carbonyl (C=O) groups is 5. The topological polar surface area (TPSA) is 116 Å². The fourth-order valence-electron chi connectivity index (χ4n) is 4.80. The summed E-state index contributed by atoms with van der Waals surface area (Å²) in [4.78, 5) is 65.2. The second-order valence-electron chi connectivity index (χ2n) is 8.99. The van der Waals surface area contributed by atoms with Crippen molar-refractivity contribution in [1.82, 2.24) is 20.4 Å². The van der Waals surface area contributed by atoms with Gasteiger partial charge in [-0.1, -0.05) is 6.07 Å². The number of imide groups is 1. The number of halogens is 1. The lowest BCUT2D eigenvalue weighted by atomic mass is 10.0. The second-order valence-corrected chi connectivity index (χ2v) is 8.99. The Balaban J connectivity index is 1.22. The molecule has 2 fully saturated rings. The highest BCUT2D eigenvalue weighted by atomic mass is 19.1. The lowest BCUT2D eigenvalue weighted by molar-refractivity contribution is -0.136. The predicted octanol–water partition coefficient (Wildman–Crippen LogP) is 1.23. The van der Waals surface area contributed by atoms with Gasteiger partial charge in [-0.3, -0.25) is 29.3 Å². The fraction of sp³-hybridized carbons (Fsp3) is 0.320. The summed E-state index contributed by atoms with van der Waals surface area (Å²) < 4.78 is 13.1. The molecule has 2 saturated heterocycles. The van der Waals surface area contributed by atoms with Gasteiger partial charge in [-0.25, -0.2) is 4.39 Å². The SMILES string of the molecule is O=C1CCC(N2Cc3ccc(C(=O)N[C@H]4CCN(C(=O)c5ccc(F)cc5)C4)cc3C2=O)C(=O)N1. The van der Waals surface area contributed by atoms with E-state index in [1.165, 1.54) is 35.2 Å². The Morgan fingerprint density at radius 1 is 1.00 bits per heavy atom. The molecule has 3 aliphatic heterocycles. The quantitative estimate of drug-likeness (QED) is 0.642. The zero-order valence-corrected chi connectivity index (χ0v) is 18.8. The van der Waals surface area contributed by atoms with E-state index >= 15 is 0 Å². The summed E-state index contributed by atoms with van der Waals surface area (Å²) in [6, 6.07) is 9.22. The van der Waals surface area contributed by atoms with Crippen molar-refractivity contribution >= 4 is 29.5 Å². The van der Waals surface area contributed by atoms with Crippen LogP contribution in [-0.4, -0.2) is 64.5 Å². The molecule has 0 spiro atoms. The molecule has 1 unspecified atom stereocenters. The van der Waals surface area contributed by atoms with E-state index in [4.69, 9.17) is 0 Å². The van der Waals surface area contributed by atoms with Crippen LogP contribution < -0.4 is 10.6 Å². The summed E-state index contributed by atoms with van der Waals surface area (Å²) in [6.45, 7) is 1.03. The number of hydrogen-bond acceptors (Lipinski definition) is 5. The van der Waals surface area contributed by atoms with Gasteiger partial charge >= 0.3 is 0 Å². The molecule has 9 nitrogen and oxygen atoms in total. The van der Waals surface area contributed by atoms with E-state index in [1.807, 2.05) is 0 Å². The van der Waals surface area contributed by atoms with Gasteiger partial charge in [-0.15, -0.1) is 0 Å². The van der Waals surface area contributed by atoms with Gasteiger partial charge < -0.3 is 15.1 Å². The van der Waals surface area contributed by atoms with Crippen molar-refractivity contribution in [2.75, 3.05) is 13.1 Å². The van der Waals surface area contributed by atoms with Gasteiger partial charge in [0.15, 0.2) is 0 Å². The number of carbonyl (C=O) groups excluding carboxylic acids is 5. The minimum atomic E-state index is -0.715. The summed E-state index contributed by atoms with van der Waals surface area (Å²) in [5, 5.41) is 5.18. The normalized spacial score (nSPS) is 21.7. The van der Waals surface area contributed by atoms with E-state index in [2.05, 4.69) is 10.6 Å². The van der Waals surface area contributed by atoms with E-state index < -0.39 is 17.8 Å². The number of rotatable bonds is 4. The molecule has 0 bridgehead atoms. The molecule has 2 atom stereocenters. The minimum absolute atomic E-state index is 0.173. The number of likely N-dealkylation sites (tertiary alicyclic amines) is 1. The molecular formula is C25H23FN4O5. The third-order valence-electron chi connectivity index (χ3n) is 6.69. The molecule has 0 radical (unpaired) electrons. The maximum atomic E-state index is 13.1. The molecule has 0 aliphatic carbocycles. The monoisotopic (exact) mass is 478 g/mol. The number of benzene rings is 2. The molecule has 5 amide bonds. The van der Waals surface area contributed by atoms with E-state index in [0.29, 0.717) is 41.8 Å². The van der Waals surface area contributed by atoms with Crippen molar-refractivity contribution in [2.24, 2.45) is 0 Å². The molecule has 5 rings (SSSR count). The highest BCUT2D eigenvalue weighted by molar-refractivity contribution is 6.06. The lowest BCUT2D eigenvalue weighted by Gasteiger charge is -2.29. The number of amides is 5. The standard InChI is InChI=1S/C25H23FN4O5/c26-17-5-3-14(4-6-17)24(34)29-10-9-18(13-29)27-22(32)15-1-2-16-12-30(25(35)19(16)11-15)20-7-8-21(31)28-23(20)33/h1-6,11,18,20H,7-10,12-13H2,(H,27,32)(H,28,31,33)/t18-,20?/m0/s1. The summed E-state index contributed by atoms with van der Waals surface area (Å²) in [5.74, 6) is -2.18. The van der Waals surface area contributed by atoms with Gasteiger partial charge in [0.2, 0.25) is 11.8 Å². The molecule has 2 aromatic carbocycles. The van der Waals surface area contributed by atoms with Crippen molar-refractivity contribution in [3.8, 4) is 0 Å². The Bertz CT molecular complexity index is 1240. The van der Waals surface area contributed by atoms with Gasteiger partial charge in [0, 0.05) is 48.8 Å². The summed E-state index contributed by atoms with van der Waals surface area (Å²) in [6.07, 6.45) is 1.02. The van der Waals surface area contributed by atoms with Crippen LogP contribution in [0.3, 0.4) is 0 Å². The van der Waals surface area contributed by atoms with Gasteiger partial charge in [0.1, 0.15) is 11.9 Å². The average molecular weight is 478 g/mol. The van der Waals surface area contributed by atoms with Gasteiger partial charge in [-0.05, 0) is 54.8 Å². The number of piperidine rings is 1. The van der Waals surface area contributed by atoms with Crippen LogP contribution >= 0.6 is 0 Å².